The molecule has 0 radical (unpaired) electrons. The fraction of sp³-hybridized carbons (Fsp3) is 0.0833. The minimum absolute atomic E-state index is 0.0369. The van der Waals surface area contributed by atoms with Gasteiger partial charge in [-0.15, -0.1) is 11.8 Å². The summed E-state index contributed by atoms with van der Waals surface area (Å²) in [7, 11) is 0. The van der Waals surface area contributed by atoms with E-state index in [1.165, 1.54) is 36.2 Å². The third-order valence-electron chi connectivity index (χ3n) is 2.21. The van der Waals surface area contributed by atoms with E-state index in [1.54, 1.807) is 12.1 Å². The molecule has 1 aromatic heterocycles. The Morgan fingerprint density at radius 3 is 2.78 bits per heavy atom. The molecular formula is C12H9FN2O2S. The monoisotopic (exact) mass is 264 g/mol. The summed E-state index contributed by atoms with van der Waals surface area (Å²) in [5.41, 5.74) is 0.810. The number of halogens is 1. The summed E-state index contributed by atoms with van der Waals surface area (Å²) in [5, 5.41) is 11.1. The molecule has 18 heavy (non-hydrogen) atoms. The fourth-order valence-corrected chi connectivity index (χ4v) is 2.14. The Morgan fingerprint density at radius 1 is 1.33 bits per heavy atom. The Bertz CT molecular complexity index is 560. The average molecular weight is 264 g/mol. The van der Waals surface area contributed by atoms with Crippen LogP contribution in [-0.2, 0) is 5.75 Å². The minimum Gasteiger partial charge on any atom is -0.258 e. The lowest BCUT2D eigenvalue weighted by molar-refractivity contribution is -0.385. The number of thioether (sulfide) groups is 1. The molecule has 0 N–H and O–H groups in total. The van der Waals surface area contributed by atoms with Gasteiger partial charge in [0.05, 0.1) is 9.95 Å². The lowest BCUT2D eigenvalue weighted by atomic mass is 10.2. The Hall–Kier alpha value is -1.95. The smallest absolute Gasteiger partial charge is 0.258 e. The van der Waals surface area contributed by atoms with E-state index in [0.29, 0.717) is 10.8 Å². The van der Waals surface area contributed by atoms with Crippen LogP contribution in [0.5, 0.6) is 0 Å². The Balaban J connectivity index is 2.00. The number of hydrogen-bond donors (Lipinski definition) is 0. The maximum absolute atomic E-state index is 12.9. The number of aromatic nitrogens is 1. The summed E-state index contributed by atoms with van der Waals surface area (Å²) in [6.45, 7) is 0. The van der Waals surface area contributed by atoms with Gasteiger partial charge in [0.1, 0.15) is 12.0 Å². The number of nitrogens with zero attached hydrogens (tertiary/aromatic N) is 2. The van der Waals surface area contributed by atoms with E-state index in [1.807, 2.05) is 6.07 Å². The van der Waals surface area contributed by atoms with Crippen molar-refractivity contribution >= 4 is 17.4 Å². The van der Waals surface area contributed by atoms with Gasteiger partial charge in [0.2, 0.25) is 0 Å². The predicted molar refractivity (Wildman–Crippen MR) is 66.9 cm³/mol. The van der Waals surface area contributed by atoms with Crippen molar-refractivity contribution in [3.05, 3.63) is 64.1 Å². The van der Waals surface area contributed by atoms with Gasteiger partial charge in [-0.25, -0.2) is 9.37 Å². The molecule has 1 heterocycles. The van der Waals surface area contributed by atoms with Crippen LogP contribution in [0.3, 0.4) is 0 Å². The van der Waals surface area contributed by atoms with Gasteiger partial charge >= 0.3 is 0 Å². The normalized spacial score (nSPS) is 10.3. The summed E-state index contributed by atoms with van der Waals surface area (Å²) in [4.78, 5) is 13.9. The standard InChI is InChI=1S/C12H9FN2O2S/c13-10-3-1-2-9(6-10)8-18-12-5-4-11(7-14-12)15(16)17/h1-7H,8H2. The van der Waals surface area contributed by atoms with Crippen molar-refractivity contribution in [1.29, 1.82) is 0 Å². The zero-order chi connectivity index (χ0) is 13.0. The lowest BCUT2D eigenvalue weighted by Gasteiger charge is -2.01. The molecule has 0 aliphatic carbocycles. The van der Waals surface area contributed by atoms with Crippen molar-refractivity contribution < 1.29 is 9.31 Å². The van der Waals surface area contributed by atoms with Gasteiger partial charge in [0, 0.05) is 11.8 Å². The van der Waals surface area contributed by atoms with Gasteiger partial charge in [-0.1, -0.05) is 12.1 Å². The molecule has 0 saturated carbocycles. The van der Waals surface area contributed by atoms with Gasteiger partial charge in [-0.2, -0.15) is 0 Å². The van der Waals surface area contributed by atoms with Crippen LogP contribution < -0.4 is 0 Å². The molecular weight excluding hydrogens is 255 g/mol. The minimum atomic E-state index is -0.492. The largest absolute Gasteiger partial charge is 0.287 e. The van der Waals surface area contributed by atoms with Crippen molar-refractivity contribution in [3.8, 4) is 0 Å². The van der Waals surface area contributed by atoms with Gasteiger partial charge in [-0.3, -0.25) is 10.1 Å². The summed E-state index contributed by atoms with van der Waals surface area (Å²) in [5.74, 6) is 0.299. The van der Waals surface area contributed by atoms with E-state index in [4.69, 9.17) is 0 Å². The van der Waals surface area contributed by atoms with Gasteiger partial charge < -0.3 is 0 Å². The SMILES string of the molecule is O=[N+]([O-])c1ccc(SCc2cccc(F)c2)nc1. The Labute approximate surface area is 107 Å². The van der Waals surface area contributed by atoms with E-state index < -0.39 is 4.92 Å². The molecule has 92 valence electrons. The van der Waals surface area contributed by atoms with E-state index in [9.17, 15) is 14.5 Å². The van der Waals surface area contributed by atoms with E-state index in [0.717, 1.165) is 5.56 Å². The van der Waals surface area contributed by atoms with Crippen molar-refractivity contribution in [2.24, 2.45) is 0 Å². The van der Waals surface area contributed by atoms with Crippen LogP contribution in [0.1, 0.15) is 5.56 Å². The van der Waals surface area contributed by atoms with Crippen molar-refractivity contribution in [2.45, 2.75) is 10.8 Å². The molecule has 0 atom stereocenters. The Morgan fingerprint density at radius 2 is 2.17 bits per heavy atom. The maximum atomic E-state index is 12.9. The summed E-state index contributed by atoms with van der Waals surface area (Å²) < 4.78 is 12.9. The molecule has 2 aromatic rings. The maximum Gasteiger partial charge on any atom is 0.287 e. The molecule has 0 saturated heterocycles. The van der Waals surface area contributed by atoms with Gasteiger partial charge in [-0.05, 0) is 23.8 Å². The lowest BCUT2D eigenvalue weighted by Crippen LogP contribution is -1.89. The molecule has 1 aromatic carbocycles. The van der Waals surface area contributed by atoms with Crippen LogP contribution in [0.15, 0.2) is 47.6 Å². The second kappa shape index (κ2) is 5.59. The molecule has 0 fully saturated rings. The molecule has 0 unspecified atom stereocenters. The Kier molecular flexibility index (Phi) is 3.88. The van der Waals surface area contributed by atoms with Crippen LogP contribution in [0.25, 0.3) is 0 Å². The number of pyridine rings is 1. The highest BCUT2D eigenvalue weighted by molar-refractivity contribution is 7.98. The quantitative estimate of drug-likeness (QED) is 0.482. The molecule has 0 spiro atoms. The van der Waals surface area contributed by atoms with E-state index in [-0.39, 0.29) is 11.5 Å². The zero-order valence-electron chi connectivity index (χ0n) is 9.25. The highest BCUT2D eigenvalue weighted by Crippen LogP contribution is 2.22. The highest BCUT2D eigenvalue weighted by Gasteiger charge is 2.05. The second-order valence-corrected chi connectivity index (χ2v) is 4.53. The van der Waals surface area contributed by atoms with Crippen molar-refractivity contribution in [3.63, 3.8) is 0 Å². The number of hydrogen-bond acceptors (Lipinski definition) is 4. The number of benzene rings is 1. The summed E-state index contributed by atoms with van der Waals surface area (Å²) >= 11 is 1.40. The molecule has 0 aliphatic heterocycles. The predicted octanol–water partition coefficient (Wildman–Crippen LogP) is 3.42. The first kappa shape index (κ1) is 12.5. The number of nitro groups is 1. The van der Waals surface area contributed by atoms with Crippen LogP contribution in [-0.4, -0.2) is 9.91 Å². The fourth-order valence-electron chi connectivity index (χ4n) is 1.35. The molecule has 0 bridgehead atoms. The molecule has 0 amide bonds. The second-order valence-electron chi connectivity index (χ2n) is 3.53. The molecule has 2 rings (SSSR count). The van der Waals surface area contributed by atoms with Crippen LogP contribution in [0.2, 0.25) is 0 Å². The van der Waals surface area contributed by atoms with Crippen molar-refractivity contribution in [1.82, 2.24) is 4.98 Å². The summed E-state index contributed by atoms with van der Waals surface area (Å²) in [6.07, 6.45) is 1.22. The van der Waals surface area contributed by atoms with Crippen LogP contribution in [0, 0.1) is 15.9 Å². The first-order chi connectivity index (χ1) is 8.65. The van der Waals surface area contributed by atoms with Gasteiger partial charge in [0.25, 0.3) is 5.69 Å². The zero-order valence-corrected chi connectivity index (χ0v) is 10.1. The van der Waals surface area contributed by atoms with Crippen molar-refractivity contribution in [2.75, 3.05) is 0 Å². The summed E-state index contributed by atoms with van der Waals surface area (Å²) in [6, 6.07) is 9.30. The molecule has 4 nitrogen and oxygen atoms in total. The van der Waals surface area contributed by atoms with Gasteiger partial charge in [0.15, 0.2) is 0 Å². The third kappa shape index (κ3) is 3.27. The number of rotatable bonds is 4. The first-order valence-corrected chi connectivity index (χ1v) is 6.11. The average Bonchev–Trinajstić information content (AvgIpc) is 2.37. The highest BCUT2D eigenvalue weighted by atomic mass is 32.2. The van der Waals surface area contributed by atoms with Crippen LogP contribution >= 0.6 is 11.8 Å². The van der Waals surface area contributed by atoms with Crippen LogP contribution in [0.4, 0.5) is 10.1 Å². The molecule has 0 aliphatic rings. The third-order valence-corrected chi connectivity index (χ3v) is 3.22. The topological polar surface area (TPSA) is 56.0 Å². The first-order valence-electron chi connectivity index (χ1n) is 5.13. The van der Waals surface area contributed by atoms with E-state index >= 15 is 0 Å². The van der Waals surface area contributed by atoms with E-state index in [2.05, 4.69) is 4.98 Å². The molecule has 6 heteroatoms.